The lowest BCUT2D eigenvalue weighted by molar-refractivity contribution is -0.116. The summed E-state index contributed by atoms with van der Waals surface area (Å²) in [6, 6.07) is 5.92. The van der Waals surface area contributed by atoms with E-state index in [1.807, 2.05) is 18.2 Å². The van der Waals surface area contributed by atoms with E-state index in [9.17, 15) is 4.79 Å². The lowest BCUT2D eigenvalue weighted by atomic mass is 10.0. The maximum atomic E-state index is 11.4. The van der Waals surface area contributed by atoms with E-state index < -0.39 is 0 Å². The third-order valence-electron chi connectivity index (χ3n) is 4.00. The van der Waals surface area contributed by atoms with E-state index in [0.29, 0.717) is 18.7 Å². The van der Waals surface area contributed by atoms with Crippen molar-refractivity contribution >= 4 is 11.7 Å². The number of hydrogen-bond acceptors (Lipinski definition) is 3. The molecule has 0 atom stereocenters. The van der Waals surface area contributed by atoms with Crippen LogP contribution in [0.4, 0.5) is 5.82 Å². The van der Waals surface area contributed by atoms with Crippen LogP contribution in [0.2, 0.25) is 0 Å². The number of aromatic nitrogens is 1. The minimum absolute atomic E-state index is 0.00850. The van der Waals surface area contributed by atoms with Crippen LogP contribution in [0.1, 0.15) is 28.7 Å². The van der Waals surface area contributed by atoms with Crippen molar-refractivity contribution in [3.8, 4) is 11.5 Å². The fourth-order valence-corrected chi connectivity index (χ4v) is 2.53. The highest BCUT2D eigenvalue weighted by Gasteiger charge is 2.20. The van der Waals surface area contributed by atoms with Gasteiger partial charge in [0, 0.05) is 18.2 Å². The van der Waals surface area contributed by atoms with Crippen LogP contribution >= 0.6 is 0 Å². The second-order valence-corrected chi connectivity index (χ2v) is 5.47. The molecular formula is C17H18N2O2. The van der Waals surface area contributed by atoms with Crippen molar-refractivity contribution in [2.24, 2.45) is 0 Å². The number of fused-ring (bicyclic) bond motifs is 1. The average Bonchev–Trinajstić information content (AvgIpc) is 2.44. The molecular weight excluding hydrogens is 264 g/mol. The van der Waals surface area contributed by atoms with Crippen LogP contribution in [-0.2, 0) is 11.2 Å². The minimum atomic E-state index is 0.00850. The van der Waals surface area contributed by atoms with Crippen LogP contribution in [0.5, 0.6) is 11.5 Å². The van der Waals surface area contributed by atoms with Crippen LogP contribution in [0.15, 0.2) is 24.4 Å². The fourth-order valence-electron chi connectivity index (χ4n) is 2.53. The predicted octanol–water partition coefficient (Wildman–Crippen LogP) is 3.68. The largest absolute Gasteiger partial charge is 0.457 e. The Morgan fingerprint density at radius 2 is 1.86 bits per heavy atom. The molecule has 1 aliphatic heterocycles. The highest BCUT2D eigenvalue weighted by Crippen LogP contribution is 2.33. The normalized spacial score (nSPS) is 13.6. The zero-order valence-corrected chi connectivity index (χ0v) is 12.5. The monoisotopic (exact) mass is 282 g/mol. The van der Waals surface area contributed by atoms with Gasteiger partial charge in [-0.15, -0.1) is 0 Å². The third-order valence-corrected chi connectivity index (χ3v) is 4.00. The molecule has 0 unspecified atom stereocenters. The summed E-state index contributed by atoms with van der Waals surface area (Å²) in [4.78, 5) is 15.6. The number of aryl methyl sites for hydroxylation is 2. The number of anilines is 1. The van der Waals surface area contributed by atoms with Crippen molar-refractivity contribution in [1.29, 1.82) is 0 Å². The molecule has 3 rings (SSSR count). The first-order chi connectivity index (χ1) is 10.0. The summed E-state index contributed by atoms with van der Waals surface area (Å²) in [5, 5.41) is 2.79. The molecule has 108 valence electrons. The van der Waals surface area contributed by atoms with E-state index >= 15 is 0 Å². The zero-order chi connectivity index (χ0) is 15.0. The second kappa shape index (κ2) is 5.20. The minimum Gasteiger partial charge on any atom is -0.457 e. The van der Waals surface area contributed by atoms with Gasteiger partial charge in [0.2, 0.25) is 5.91 Å². The predicted molar refractivity (Wildman–Crippen MR) is 81.9 cm³/mol. The first-order valence-corrected chi connectivity index (χ1v) is 7.08. The Kier molecular flexibility index (Phi) is 3.37. The van der Waals surface area contributed by atoms with E-state index in [2.05, 4.69) is 31.1 Å². The van der Waals surface area contributed by atoms with E-state index in [0.717, 1.165) is 17.1 Å². The zero-order valence-electron chi connectivity index (χ0n) is 12.5. The van der Waals surface area contributed by atoms with Crippen molar-refractivity contribution < 1.29 is 9.53 Å². The van der Waals surface area contributed by atoms with E-state index in [4.69, 9.17) is 4.74 Å². The first kappa shape index (κ1) is 13.6. The summed E-state index contributed by atoms with van der Waals surface area (Å²) < 4.78 is 6.04. The van der Waals surface area contributed by atoms with Crippen molar-refractivity contribution in [3.63, 3.8) is 0 Å². The summed E-state index contributed by atoms with van der Waals surface area (Å²) in [5.74, 6) is 2.21. The molecule has 1 N–H and O–H groups in total. The van der Waals surface area contributed by atoms with Gasteiger partial charge in [0.1, 0.15) is 17.3 Å². The smallest absolute Gasteiger partial charge is 0.225 e. The number of pyridine rings is 1. The summed E-state index contributed by atoms with van der Waals surface area (Å²) in [5.41, 5.74) is 4.67. The number of rotatable bonds is 2. The van der Waals surface area contributed by atoms with Gasteiger partial charge in [0.05, 0.1) is 0 Å². The lowest BCUT2D eigenvalue weighted by Gasteiger charge is -2.19. The molecule has 1 aromatic carbocycles. The van der Waals surface area contributed by atoms with Crippen molar-refractivity contribution in [2.75, 3.05) is 5.32 Å². The lowest BCUT2D eigenvalue weighted by Crippen LogP contribution is -2.20. The number of nitrogens with one attached hydrogen (secondary N) is 1. The number of hydrogen-bond donors (Lipinski definition) is 1. The Balaban J connectivity index is 1.96. The van der Waals surface area contributed by atoms with Gasteiger partial charge in [-0.1, -0.05) is 0 Å². The summed E-state index contributed by atoms with van der Waals surface area (Å²) in [7, 11) is 0. The summed E-state index contributed by atoms with van der Waals surface area (Å²) in [6.45, 7) is 6.27. The Morgan fingerprint density at radius 3 is 2.57 bits per heavy atom. The Morgan fingerprint density at radius 1 is 1.14 bits per heavy atom. The molecule has 0 fully saturated rings. The molecule has 2 aromatic rings. The summed E-state index contributed by atoms with van der Waals surface area (Å²) in [6.07, 6.45) is 2.79. The third kappa shape index (κ3) is 2.61. The molecule has 4 heteroatoms. The van der Waals surface area contributed by atoms with Crippen LogP contribution in [0.25, 0.3) is 0 Å². The maximum Gasteiger partial charge on any atom is 0.225 e. The molecule has 0 aliphatic carbocycles. The Labute approximate surface area is 124 Å². The molecule has 21 heavy (non-hydrogen) atoms. The SMILES string of the molecule is Cc1cc(Oc2ccnc3c2CCC(=O)N3)cc(C)c1C. The van der Waals surface area contributed by atoms with Gasteiger partial charge in [-0.05, 0) is 62.1 Å². The maximum absolute atomic E-state index is 11.4. The molecule has 1 amide bonds. The van der Waals surface area contributed by atoms with E-state index in [1.165, 1.54) is 16.7 Å². The molecule has 1 aromatic heterocycles. The molecule has 0 saturated heterocycles. The van der Waals surface area contributed by atoms with Gasteiger partial charge in [0.25, 0.3) is 0 Å². The molecule has 0 spiro atoms. The van der Waals surface area contributed by atoms with Crippen LogP contribution in [-0.4, -0.2) is 10.9 Å². The van der Waals surface area contributed by atoms with E-state index in [-0.39, 0.29) is 5.91 Å². The molecule has 0 radical (unpaired) electrons. The first-order valence-electron chi connectivity index (χ1n) is 7.08. The van der Waals surface area contributed by atoms with E-state index in [1.54, 1.807) is 6.20 Å². The Bertz CT molecular complexity index is 700. The van der Waals surface area contributed by atoms with Gasteiger partial charge in [-0.2, -0.15) is 0 Å². The standard InChI is InChI=1S/C17H18N2O2/c1-10-8-13(9-11(2)12(10)3)21-15-6-7-18-17-14(15)4-5-16(20)19-17/h6-9H,4-5H2,1-3H3,(H,18,19,20). The quantitative estimate of drug-likeness (QED) is 0.914. The highest BCUT2D eigenvalue weighted by molar-refractivity contribution is 5.93. The number of benzene rings is 1. The van der Waals surface area contributed by atoms with Gasteiger partial charge in [0.15, 0.2) is 0 Å². The number of ether oxygens (including phenoxy) is 1. The van der Waals surface area contributed by atoms with Crippen molar-refractivity contribution in [2.45, 2.75) is 33.6 Å². The molecule has 0 bridgehead atoms. The molecule has 1 aliphatic rings. The summed E-state index contributed by atoms with van der Waals surface area (Å²) >= 11 is 0. The van der Waals surface area contributed by atoms with Crippen LogP contribution < -0.4 is 10.1 Å². The van der Waals surface area contributed by atoms with Gasteiger partial charge >= 0.3 is 0 Å². The highest BCUT2D eigenvalue weighted by atomic mass is 16.5. The fraction of sp³-hybridized carbons (Fsp3) is 0.294. The Hall–Kier alpha value is -2.36. The molecule has 4 nitrogen and oxygen atoms in total. The number of nitrogens with zero attached hydrogens (tertiary/aromatic N) is 1. The number of amides is 1. The topological polar surface area (TPSA) is 51.2 Å². The number of carbonyl (C=O) groups excluding carboxylic acids is 1. The molecule has 0 saturated carbocycles. The van der Waals surface area contributed by atoms with Gasteiger partial charge in [-0.3, -0.25) is 4.79 Å². The van der Waals surface area contributed by atoms with Gasteiger partial charge < -0.3 is 10.1 Å². The van der Waals surface area contributed by atoms with Crippen LogP contribution in [0.3, 0.4) is 0 Å². The van der Waals surface area contributed by atoms with Crippen LogP contribution in [0, 0.1) is 20.8 Å². The number of carbonyl (C=O) groups is 1. The second-order valence-electron chi connectivity index (χ2n) is 5.47. The van der Waals surface area contributed by atoms with Crippen molar-refractivity contribution in [1.82, 2.24) is 4.98 Å². The van der Waals surface area contributed by atoms with Gasteiger partial charge in [-0.25, -0.2) is 4.98 Å². The molecule has 2 heterocycles. The van der Waals surface area contributed by atoms with Crippen molar-refractivity contribution in [3.05, 3.63) is 46.6 Å². The average molecular weight is 282 g/mol.